The predicted octanol–water partition coefficient (Wildman–Crippen LogP) is 2.16. The highest BCUT2D eigenvalue weighted by molar-refractivity contribution is 7.08. The van der Waals surface area contributed by atoms with Crippen molar-refractivity contribution in [2.45, 2.75) is 25.8 Å². The third kappa shape index (κ3) is 6.33. The van der Waals surface area contributed by atoms with Crippen LogP contribution in [0, 0.1) is 0 Å². The summed E-state index contributed by atoms with van der Waals surface area (Å²) < 4.78 is 5.05. The maximum absolute atomic E-state index is 12.2. The molecule has 0 aliphatic rings. The van der Waals surface area contributed by atoms with Crippen molar-refractivity contribution in [3.63, 3.8) is 0 Å². The van der Waals surface area contributed by atoms with Crippen LogP contribution in [0.25, 0.3) is 0 Å². The van der Waals surface area contributed by atoms with Crippen molar-refractivity contribution in [1.82, 2.24) is 10.6 Å². The van der Waals surface area contributed by atoms with Gasteiger partial charge in [0.2, 0.25) is 5.91 Å². The second-order valence-corrected chi connectivity index (χ2v) is 6.36. The number of thiophene rings is 1. The number of benzene rings is 1. The maximum Gasteiger partial charge on any atom is 0.328 e. The van der Waals surface area contributed by atoms with Crippen molar-refractivity contribution in [1.29, 1.82) is 0 Å². The normalized spacial score (nSPS) is 11.4. The largest absolute Gasteiger partial charge is 0.464 e. The van der Waals surface area contributed by atoms with E-state index in [0.717, 1.165) is 5.56 Å². The standard InChI is InChI=1S/C19H22N2O4S/c1-2-25-19(24)16(12-14-6-4-3-5-7-14)21-17(22)8-10-20-18(23)15-9-11-26-13-15/h3-7,9,11,13,16H,2,8,10,12H2,1H3,(H,20,23)(H,21,22). The number of nitrogens with one attached hydrogen (secondary N) is 2. The summed E-state index contributed by atoms with van der Waals surface area (Å²) in [6, 6.07) is 10.4. The fourth-order valence-corrected chi connectivity index (χ4v) is 2.97. The van der Waals surface area contributed by atoms with Gasteiger partial charge in [-0.15, -0.1) is 0 Å². The van der Waals surface area contributed by atoms with Crippen LogP contribution in [0.15, 0.2) is 47.2 Å². The van der Waals surface area contributed by atoms with Gasteiger partial charge in [-0.3, -0.25) is 9.59 Å². The highest BCUT2D eigenvalue weighted by atomic mass is 32.1. The molecule has 2 rings (SSSR count). The maximum atomic E-state index is 12.2. The minimum atomic E-state index is -0.752. The third-order valence-corrected chi connectivity index (χ3v) is 4.29. The van der Waals surface area contributed by atoms with Crippen LogP contribution < -0.4 is 10.6 Å². The van der Waals surface area contributed by atoms with Crippen LogP contribution in [0.5, 0.6) is 0 Å². The molecule has 0 saturated heterocycles. The van der Waals surface area contributed by atoms with E-state index in [2.05, 4.69) is 10.6 Å². The molecule has 7 heteroatoms. The molecule has 2 amide bonds. The molecule has 6 nitrogen and oxygen atoms in total. The number of carbonyl (C=O) groups excluding carboxylic acids is 3. The summed E-state index contributed by atoms with van der Waals surface area (Å²) in [5.41, 5.74) is 1.50. The van der Waals surface area contributed by atoms with Gasteiger partial charge in [-0.05, 0) is 23.9 Å². The van der Waals surface area contributed by atoms with Crippen molar-refractivity contribution in [3.8, 4) is 0 Å². The minimum absolute atomic E-state index is 0.0839. The lowest BCUT2D eigenvalue weighted by Gasteiger charge is -2.17. The van der Waals surface area contributed by atoms with Crippen LogP contribution in [-0.4, -0.2) is 37.0 Å². The zero-order valence-corrected chi connectivity index (χ0v) is 15.4. The summed E-state index contributed by atoms with van der Waals surface area (Å²) in [6.07, 6.45) is 0.438. The lowest BCUT2D eigenvalue weighted by Crippen LogP contribution is -2.44. The Bertz CT molecular complexity index is 716. The van der Waals surface area contributed by atoms with E-state index in [1.165, 1.54) is 11.3 Å². The predicted molar refractivity (Wildman–Crippen MR) is 100.0 cm³/mol. The van der Waals surface area contributed by atoms with E-state index in [0.29, 0.717) is 12.0 Å². The summed E-state index contributed by atoms with van der Waals surface area (Å²) in [6.45, 7) is 2.16. The van der Waals surface area contributed by atoms with Crippen LogP contribution in [0.2, 0.25) is 0 Å². The number of hydrogen-bond donors (Lipinski definition) is 2. The Morgan fingerprint density at radius 2 is 1.92 bits per heavy atom. The molecule has 0 aliphatic heterocycles. The van der Waals surface area contributed by atoms with Crippen molar-refractivity contribution in [3.05, 3.63) is 58.3 Å². The SMILES string of the molecule is CCOC(=O)C(Cc1ccccc1)NC(=O)CCNC(=O)c1ccsc1. The van der Waals surface area contributed by atoms with Gasteiger partial charge in [0.05, 0.1) is 6.61 Å². The van der Waals surface area contributed by atoms with Gasteiger partial charge in [0.15, 0.2) is 0 Å². The second kappa shape index (κ2) is 10.4. The summed E-state index contributed by atoms with van der Waals surface area (Å²) in [5.74, 6) is -0.998. The topological polar surface area (TPSA) is 84.5 Å². The van der Waals surface area contributed by atoms with Crippen LogP contribution in [0.1, 0.15) is 29.3 Å². The molecule has 2 aromatic rings. The first kappa shape index (κ1) is 19.7. The molecule has 0 bridgehead atoms. The van der Waals surface area contributed by atoms with Gasteiger partial charge < -0.3 is 15.4 Å². The van der Waals surface area contributed by atoms with Gasteiger partial charge in [0, 0.05) is 30.3 Å². The zero-order valence-electron chi connectivity index (χ0n) is 14.6. The first-order valence-corrected chi connectivity index (χ1v) is 9.34. The smallest absolute Gasteiger partial charge is 0.328 e. The van der Waals surface area contributed by atoms with Gasteiger partial charge in [-0.1, -0.05) is 30.3 Å². The molecule has 0 radical (unpaired) electrons. The highest BCUT2D eigenvalue weighted by Gasteiger charge is 2.22. The molecule has 1 aromatic heterocycles. The average Bonchev–Trinajstić information content (AvgIpc) is 3.17. The molecule has 1 aromatic carbocycles. The number of carbonyl (C=O) groups is 3. The van der Waals surface area contributed by atoms with E-state index in [9.17, 15) is 14.4 Å². The lowest BCUT2D eigenvalue weighted by atomic mass is 10.1. The van der Waals surface area contributed by atoms with Gasteiger partial charge >= 0.3 is 5.97 Å². The van der Waals surface area contributed by atoms with E-state index in [1.54, 1.807) is 18.4 Å². The van der Waals surface area contributed by atoms with E-state index >= 15 is 0 Å². The zero-order chi connectivity index (χ0) is 18.8. The van der Waals surface area contributed by atoms with Crippen molar-refractivity contribution in [2.24, 2.45) is 0 Å². The number of rotatable bonds is 9. The van der Waals surface area contributed by atoms with Crippen LogP contribution in [0.3, 0.4) is 0 Å². The first-order valence-electron chi connectivity index (χ1n) is 8.40. The molecule has 0 fully saturated rings. The third-order valence-electron chi connectivity index (χ3n) is 3.61. The fourth-order valence-electron chi connectivity index (χ4n) is 2.34. The van der Waals surface area contributed by atoms with Gasteiger partial charge in [0.1, 0.15) is 6.04 Å². The Hall–Kier alpha value is -2.67. The lowest BCUT2D eigenvalue weighted by molar-refractivity contribution is -0.147. The monoisotopic (exact) mass is 374 g/mol. The quantitative estimate of drug-likeness (QED) is 0.659. The summed E-state index contributed by atoms with van der Waals surface area (Å²) in [7, 11) is 0. The minimum Gasteiger partial charge on any atom is -0.464 e. The molecule has 26 heavy (non-hydrogen) atoms. The van der Waals surface area contributed by atoms with Crippen molar-refractivity contribution >= 4 is 29.1 Å². The molecule has 0 saturated carbocycles. The fraction of sp³-hybridized carbons (Fsp3) is 0.316. The van der Waals surface area contributed by atoms with Gasteiger partial charge in [-0.25, -0.2) is 4.79 Å². The van der Waals surface area contributed by atoms with E-state index in [4.69, 9.17) is 4.74 Å². The van der Waals surface area contributed by atoms with Gasteiger partial charge in [0.25, 0.3) is 5.91 Å². The summed E-state index contributed by atoms with van der Waals surface area (Å²) in [4.78, 5) is 36.1. The molecule has 0 spiro atoms. The second-order valence-electron chi connectivity index (χ2n) is 5.58. The summed E-state index contributed by atoms with van der Waals surface area (Å²) in [5, 5.41) is 8.94. The van der Waals surface area contributed by atoms with Crippen molar-refractivity contribution < 1.29 is 19.1 Å². The number of hydrogen-bond acceptors (Lipinski definition) is 5. The van der Waals surface area contributed by atoms with Crippen LogP contribution in [-0.2, 0) is 20.7 Å². The molecule has 1 heterocycles. The molecule has 138 valence electrons. The first-order chi connectivity index (χ1) is 12.6. The van der Waals surface area contributed by atoms with Gasteiger partial charge in [-0.2, -0.15) is 11.3 Å². The Morgan fingerprint density at radius 1 is 1.15 bits per heavy atom. The molecule has 1 atom stereocenters. The Labute approximate surface area is 156 Å². The number of ether oxygens (including phenoxy) is 1. The number of amides is 2. The van der Waals surface area contributed by atoms with Crippen LogP contribution >= 0.6 is 11.3 Å². The summed E-state index contributed by atoms with van der Waals surface area (Å²) >= 11 is 1.43. The Balaban J connectivity index is 1.84. The Morgan fingerprint density at radius 3 is 2.58 bits per heavy atom. The number of esters is 1. The van der Waals surface area contributed by atoms with E-state index in [1.807, 2.05) is 35.7 Å². The molecular formula is C19H22N2O4S. The Kier molecular flexibility index (Phi) is 7.82. The van der Waals surface area contributed by atoms with E-state index < -0.39 is 12.0 Å². The molecule has 1 unspecified atom stereocenters. The molecule has 2 N–H and O–H groups in total. The van der Waals surface area contributed by atoms with Crippen LogP contribution in [0.4, 0.5) is 0 Å². The molecule has 0 aliphatic carbocycles. The van der Waals surface area contributed by atoms with Crippen molar-refractivity contribution in [2.75, 3.05) is 13.2 Å². The molecular weight excluding hydrogens is 352 g/mol. The highest BCUT2D eigenvalue weighted by Crippen LogP contribution is 2.06. The average molecular weight is 374 g/mol. The van der Waals surface area contributed by atoms with E-state index in [-0.39, 0.29) is 31.4 Å².